The summed E-state index contributed by atoms with van der Waals surface area (Å²) >= 11 is 3.48. The molecule has 0 saturated carbocycles. The summed E-state index contributed by atoms with van der Waals surface area (Å²) in [4.78, 5) is 13.0. The van der Waals surface area contributed by atoms with Gasteiger partial charge in [0.2, 0.25) is 5.55 Å². The smallest absolute Gasteiger partial charge is 0.230 e. The van der Waals surface area contributed by atoms with Crippen molar-refractivity contribution in [3.8, 4) is 11.4 Å². The Hall–Kier alpha value is -3.70. The van der Waals surface area contributed by atoms with Gasteiger partial charge >= 0.3 is 0 Å². The zero-order valence-electron chi connectivity index (χ0n) is 16.3. The summed E-state index contributed by atoms with van der Waals surface area (Å²) in [7, 11) is 0. The molecule has 4 aromatic carbocycles. The lowest BCUT2D eigenvalue weighted by molar-refractivity contribution is 0.547. The second-order valence-electron chi connectivity index (χ2n) is 7.35. The highest BCUT2D eigenvalue weighted by molar-refractivity contribution is 9.10. The second-order valence-corrected chi connectivity index (χ2v) is 8.27. The van der Waals surface area contributed by atoms with Crippen LogP contribution < -0.4 is 5.55 Å². The third kappa shape index (κ3) is 3.23. The monoisotopic (exact) mass is 465 g/mol. The average Bonchev–Trinajstić information content (AvgIpc) is 3.24. The number of nitrogens with zero attached hydrogens (tertiary/aromatic N) is 2. The summed E-state index contributed by atoms with van der Waals surface area (Å²) in [6.07, 6.45) is 0. The molecule has 0 saturated heterocycles. The summed E-state index contributed by atoms with van der Waals surface area (Å²) in [5.74, 6) is 0.732. The maximum Gasteiger partial charge on any atom is 0.230 e. The van der Waals surface area contributed by atoms with E-state index in [0.29, 0.717) is 5.55 Å². The van der Waals surface area contributed by atoms with Gasteiger partial charge in [0.15, 0.2) is 0 Å². The van der Waals surface area contributed by atoms with E-state index in [1.165, 1.54) is 5.39 Å². The maximum absolute atomic E-state index is 6.35. The van der Waals surface area contributed by atoms with E-state index in [2.05, 4.69) is 45.2 Å². The fourth-order valence-corrected chi connectivity index (χ4v) is 4.11. The second kappa shape index (κ2) is 7.22. The van der Waals surface area contributed by atoms with Crippen molar-refractivity contribution in [1.29, 1.82) is 0 Å². The molecule has 0 aliphatic rings. The standard InChI is InChI=1S/C26H16BrN3O/c27-17-10-12-18(13-11-17)28-26-21(25-29-22-7-3-4-8-23(22)30-25)15-20-19-6-2-1-5-16(19)9-14-24(20)31-26/h1-15H,(H,29,30). The number of H-pyrrole nitrogens is 1. The number of rotatable bonds is 2. The molecule has 0 aliphatic carbocycles. The molecular weight excluding hydrogens is 450 g/mol. The largest absolute Gasteiger partial charge is 0.438 e. The first-order valence-corrected chi connectivity index (χ1v) is 10.7. The molecule has 5 heteroatoms. The Kier molecular flexibility index (Phi) is 4.21. The highest BCUT2D eigenvalue weighted by Crippen LogP contribution is 2.28. The van der Waals surface area contributed by atoms with Crippen molar-refractivity contribution in [3.63, 3.8) is 0 Å². The lowest BCUT2D eigenvalue weighted by atomic mass is 10.0. The van der Waals surface area contributed by atoms with Crippen LogP contribution in [0.5, 0.6) is 0 Å². The van der Waals surface area contributed by atoms with E-state index in [9.17, 15) is 0 Å². The molecule has 1 N–H and O–H groups in total. The minimum Gasteiger partial charge on any atom is -0.438 e. The van der Waals surface area contributed by atoms with E-state index in [1.807, 2.05) is 66.7 Å². The molecule has 4 nitrogen and oxygen atoms in total. The van der Waals surface area contributed by atoms with Crippen LogP contribution in [-0.2, 0) is 0 Å². The number of benzene rings is 4. The lowest BCUT2D eigenvalue weighted by Crippen LogP contribution is -2.06. The molecule has 0 bridgehead atoms. The lowest BCUT2D eigenvalue weighted by Gasteiger charge is -2.06. The summed E-state index contributed by atoms with van der Waals surface area (Å²) in [5, 5.41) is 3.33. The fourth-order valence-electron chi connectivity index (χ4n) is 3.84. The van der Waals surface area contributed by atoms with Crippen molar-refractivity contribution in [2.75, 3.05) is 0 Å². The van der Waals surface area contributed by atoms with Crippen LogP contribution in [0.1, 0.15) is 0 Å². The van der Waals surface area contributed by atoms with Gasteiger partial charge in [-0.25, -0.2) is 9.98 Å². The van der Waals surface area contributed by atoms with Crippen molar-refractivity contribution in [1.82, 2.24) is 9.97 Å². The Morgan fingerprint density at radius 1 is 0.806 bits per heavy atom. The maximum atomic E-state index is 6.35. The molecule has 0 radical (unpaired) electrons. The molecular formula is C26H16BrN3O. The van der Waals surface area contributed by atoms with E-state index in [4.69, 9.17) is 14.4 Å². The Bertz CT molecular complexity index is 1610. The predicted octanol–water partition coefficient (Wildman–Crippen LogP) is 7.12. The number of imidazole rings is 1. The first-order valence-electron chi connectivity index (χ1n) is 9.96. The quantitative estimate of drug-likeness (QED) is 0.276. The van der Waals surface area contributed by atoms with Crippen LogP contribution in [0.4, 0.5) is 5.69 Å². The molecule has 6 aromatic rings. The van der Waals surface area contributed by atoms with E-state index in [-0.39, 0.29) is 0 Å². The summed E-state index contributed by atoms with van der Waals surface area (Å²) in [6, 6.07) is 30.3. The number of nitrogens with one attached hydrogen (secondary N) is 1. The normalized spacial score (nSPS) is 12.2. The molecule has 148 valence electrons. The van der Waals surface area contributed by atoms with Gasteiger partial charge in [0.25, 0.3) is 0 Å². The minimum absolute atomic E-state index is 0.518. The third-order valence-corrected chi connectivity index (χ3v) is 5.89. The summed E-state index contributed by atoms with van der Waals surface area (Å²) < 4.78 is 7.35. The zero-order valence-corrected chi connectivity index (χ0v) is 17.9. The first-order chi connectivity index (χ1) is 15.2. The molecule has 2 heterocycles. The van der Waals surface area contributed by atoms with E-state index < -0.39 is 0 Å². The number of aromatic nitrogens is 2. The average molecular weight is 466 g/mol. The van der Waals surface area contributed by atoms with E-state index >= 15 is 0 Å². The topological polar surface area (TPSA) is 54.2 Å². The van der Waals surface area contributed by atoms with Crippen LogP contribution in [-0.4, -0.2) is 9.97 Å². The van der Waals surface area contributed by atoms with Crippen LogP contribution >= 0.6 is 15.9 Å². The molecule has 2 aromatic heterocycles. The molecule has 0 fully saturated rings. The van der Waals surface area contributed by atoms with E-state index in [1.54, 1.807) is 0 Å². The number of hydrogen-bond donors (Lipinski definition) is 1. The Morgan fingerprint density at radius 2 is 1.61 bits per heavy atom. The van der Waals surface area contributed by atoms with Gasteiger partial charge in [0.05, 0.1) is 22.3 Å². The molecule has 31 heavy (non-hydrogen) atoms. The molecule has 6 rings (SSSR count). The van der Waals surface area contributed by atoms with Gasteiger partial charge in [-0.15, -0.1) is 0 Å². The van der Waals surface area contributed by atoms with Crippen LogP contribution in [0.2, 0.25) is 0 Å². The Labute approximate surface area is 186 Å². The predicted molar refractivity (Wildman–Crippen MR) is 128 cm³/mol. The van der Waals surface area contributed by atoms with Crippen molar-refractivity contribution in [2.24, 2.45) is 4.99 Å². The zero-order chi connectivity index (χ0) is 20.8. The van der Waals surface area contributed by atoms with E-state index in [0.717, 1.165) is 48.9 Å². The molecule has 0 aliphatic heterocycles. The highest BCUT2D eigenvalue weighted by atomic mass is 79.9. The molecule has 0 atom stereocenters. The highest BCUT2D eigenvalue weighted by Gasteiger charge is 2.13. The van der Waals surface area contributed by atoms with Gasteiger partial charge in [-0.05, 0) is 59.3 Å². The number of fused-ring (bicyclic) bond motifs is 4. The SMILES string of the molecule is Brc1ccc(N=c2oc3ccc4ccccc4c3cc2-c2nc3ccccc3[nH]2)cc1. The molecule has 0 amide bonds. The van der Waals surface area contributed by atoms with Gasteiger partial charge in [-0.2, -0.15) is 0 Å². The van der Waals surface area contributed by atoms with Crippen molar-refractivity contribution >= 4 is 54.4 Å². The van der Waals surface area contributed by atoms with Crippen molar-refractivity contribution < 1.29 is 4.42 Å². The number of halogens is 1. The third-order valence-electron chi connectivity index (χ3n) is 5.36. The minimum atomic E-state index is 0.518. The first kappa shape index (κ1) is 18.1. The number of hydrogen-bond acceptors (Lipinski definition) is 3. The van der Waals surface area contributed by atoms with Crippen LogP contribution in [0, 0.1) is 0 Å². The van der Waals surface area contributed by atoms with Gasteiger partial charge in [-0.3, -0.25) is 0 Å². The van der Waals surface area contributed by atoms with Gasteiger partial charge < -0.3 is 9.40 Å². The Morgan fingerprint density at radius 3 is 2.48 bits per heavy atom. The van der Waals surface area contributed by atoms with Gasteiger partial charge in [-0.1, -0.05) is 58.4 Å². The van der Waals surface area contributed by atoms with Crippen molar-refractivity contribution in [2.45, 2.75) is 0 Å². The summed E-state index contributed by atoms with van der Waals surface area (Å²) in [6.45, 7) is 0. The number of para-hydroxylation sites is 2. The van der Waals surface area contributed by atoms with Gasteiger partial charge in [0.1, 0.15) is 11.4 Å². The van der Waals surface area contributed by atoms with Crippen molar-refractivity contribution in [3.05, 3.63) is 101 Å². The van der Waals surface area contributed by atoms with Gasteiger partial charge in [0, 0.05) is 9.86 Å². The fraction of sp³-hybridized carbons (Fsp3) is 0. The van der Waals surface area contributed by atoms with Crippen LogP contribution in [0.3, 0.4) is 0 Å². The Balaban J connectivity index is 1.69. The van der Waals surface area contributed by atoms with Crippen LogP contribution in [0.25, 0.3) is 44.2 Å². The van der Waals surface area contributed by atoms with Crippen LogP contribution in [0.15, 0.2) is 105 Å². The summed E-state index contributed by atoms with van der Waals surface area (Å²) in [5.41, 5.74) is 4.82. The molecule has 0 unspecified atom stereocenters. The number of aromatic amines is 1. The molecule has 0 spiro atoms.